The minimum Gasteiger partial charge on any atom is -0.354 e. The van der Waals surface area contributed by atoms with Crippen molar-refractivity contribution in [1.29, 1.82) is 0 Å². The number of fused-ring (bicyclic) bond motifs is 1. The zero-order valence-corrected chi connectivity index (χ0v) is 17.1. The second kappa shape index (κ2) is 8.84. The van der Waals surface area contributed by atoms with Gasteiger partial charge in [0.05, 0.1) is 22.8 Å². The molecule has 0 unspecified atom stereocenters. The molecular formula is C23H27N3OS. The van der Waals surface area contributed by atoms with Crippen LogP contribution in [0.25, 0.3) is 10.2 Å². The van der Waals surface area contributed by atoms with Crippen LogP contribution in [-0.2, 0) is 4.79 Å². The predicted octanol–water partition coefficient (Wildman–Crippen LogP) is 4.74. The van der Waals surface area contributed by atoms with Gasteiger partial charge in [-0.15, -0.1) is 11.3 Å². The van der Waals surface area contributed by atoms with E-state index in [0.717, 1.165) is 29.9 Å². The van der Waals surface area contributed by atoms with E-state index in [2.05, 4.69) is 47.5 Å². The highest BCUT2D eigenvalue weighted by Crippen LogP contribution is 2.35. The molecular weight excluding hydrogens is 366 g/mol. The first kappa shape index (κ1) is 19.1. The van der Waals surface area contributed by atoms with Gasteiger partial charge in [-0.2, -0.15) is 0 Å². The predicted molar refractivity (Wildman–Crippen MR) is 116 cm³/mol. The van der Waals surface area contributed by atoms with Gasteiger partial charge in [0.1, 0.15) is 5.01 Å². The summed E-state index contributed by atoms with van der Waals surface area (Å²) in [6.07, 6.45) is 3.42. The first-order chi connectivity index (χ1) is 13.7. The maximum Gasteiger partial charge on any atom is 0.234 e. The topological polar surface area (TPSA) is 45.2 Å². The molecule has 2 heterocycles. The van der Waals surface area contributed by atoms with Crippen LogP contribution in [0, 0.1) is 0 Å². The summed E-state index contributed by atoms with van der Waals surface area (Å²) in [5, 5.41) is 4.27. The summed E-state index contributed by atoms with van der Waals surface area (Å²) >= 11 is 1.77. The summed E-state index contributed by atoms with van der Waals surface area (Å²) in [6.45, 7) is 4.23. The number of piperidine rings is 1. The molecule has 3 aromatic rings. The highest BCUT2D eigenvalue weighted by atomic mass is 32.1. The Labute approximate surface area is 170 Å². The summed E-state index contributed by atoms with van der Waals surface area (Å²) in [7, 11) is 0. The van der Waals surface area contributed by atoms with Crippen molar-refractivity contribution in [3.8, 4) is 0 Å². The summed E-state index contributed by atoms with van der Waals surface area (Å²) in [5.74, 6) is 0.419. The number of rotatable bonds is 6. The summed E-state index contributed by atoms with van der Waals surface area (Å²) in [5.41, 5.74) is 2.32. The Balaban J connectivity index is 1.38. The summed E-state index contributed by atoms with van der Waals surface area (Å²) in [4.78, 5) is 19.8. The third kappa shape index (κ3) is 4.42. The Kier molecular flexibility index (Phi) is 6.03. The lowest BCUT2D eigenvalue weighted by atomic mass is 10.0. The number of aromatic nitrogens is 1. The smallest absolute Gasteiger partial charge is 0.234 e. The summed E-state index contributed by atoms with van der Waals surface area (Å²) in [6, 6.07) is 18.9. The normalized spacial score (nSPS) is 18.8. The van der Waals surface area contributed by atoms with E-state index in [-0.39, 0.29) is 11.9 Å². The molecule has 146 valence electrons. The van der Waals surface area contributed by atoms with Crippen LogP contribution in [-0.4, -0.2) is 35.4 Å². The van der Waals surface area contributed by atoms with E-state index in [9.17, 15) is 4.79 Å². The van der Waals surface area contributed by atoms with E-state index in [4.69, 9.17) is 4.98 Å². The lowest BCUT2D eigenvalue weighted by Crippen LogP contribution is -2.42. The standard InChI is InChI=1S/C23H27N3OS/c1-17(18-9-3-2-4-10-18)15-24-22(27)16-26-14-8-7-12-20(26)23-25-19-11-5-6-13-21(19)28-23/h2-6,9-11,13,17,20H,7-8,12,14-16H2,1H3,(H,24,27)/t17-,20-/m1/s1. The molecule has 1 saturated heterocycles. The van der Waals surface area contributed by atoms with Crippen molar-refractivity contribution in [1.82, 2.24) is 15.2 Å². The molecule has 0 aliphatic carbocycles. The van der Waals surface area contributed by atoms with Gasteiger partial charge < -0.3 is 5.32 Å². The Morgan fingerprint density at radius 3 is 2.79 bits per heavy atom. The third-order valence-corrected chi connectivity index (χ3v) is 6.67. The van der Waals surface area contributed by atoms with Gasteiger partial charge in [-0.1, -0.05) is 55.8 Å². The van der Waals surface area contributed by atoms with Crippen LogP contribution >= 0.6 is 11.3 Å². The van der Waals surface area contributed by atoms with E-state index in [1.807, 2.05) is 24.3 Å². The van der Waals surface area contributed by atoms with Crippen LogP contribution in [0.5, 0.6) is 0 Å². The highest BCUT2D eigenvalue weighted by Gasteiger charge is 2.28. The number of thiazole rings is 1. The number of nitrogens with zero attached hydrogens (tertiary/aromatic N) is 2. The molecule has 1 fully saturated rings. The maximum absolute atomic E-state index is 12.6. The molecule has 0 radical (unpaired) electrons. The minimum atomic E-state index is 0.107. The molecule has 2 atom stereocenters. The zero-order valence-electron chi connectivity index (χ0n) is 16.3. The van der Waals surface area contributed by atoms with Crippen molar-refractivity contribution in [3.05, 3.63) is 65.2 Å². The van der Waals surface area contributed by atoms with Crippen LogP contribution in [0.4, 0.5) is 0 Å². The van der Waals surface area contributed by atoms with Gasteiger partial charge in [-0.05, 0) is 43.0 Å². The van der Waals surface area contributed by atoms with Crippen molar-refractivity contribution < 1.29 is 4.79 Å². The number of carbonyl (C=O) groups is 1. The quantitative estimate of drug-likeness (QED) is 0.658. The van der Waals surface area contributed by atoms with Gasteiger partial charge in [0.25, 0.3) is 0 Å². The fourth-order valence-electron chi connectivity index (χ4n) is 3.90. The van der Waals surface area contributed by atoms with Crippen molar-refractivity contribution >= 4 is 27.5 Å². The molecule has 4 rings (SSSR count). The molecule has 0 spiro atoms. The second-order valence-corrected chi connectivity index (χ2v) is 8.68. The zero-order chi connectivity index (χ0) is 19.3. The molecule has 2 aromatic carbocycles. The van der Waals surface area contributed by atoms with E-state index in [1.54, 1.807) is 11.3 Å². The molecule has 4 nitrogen and oxygen atoms in total. The van der Waals surface area contributed by atoms with Gasteiger partial charge in [-0.3, -0.25) is 9.69 Å². The first-order valence-corrected chi connectivity index (χ1v) is 10.9. The Morgan fingerprint density at radius 1 is 1.18 bits per heavy atom. The Bertz CT molecular complexity index is 891. The molecule has 1 N–H and O–H groups in total. The van der Waals surface area contributed by atoms with Gasteiger partial charge in [0.15, 0.2) is 0 Å². The van der Waals surface area contributed by atoms with Crippen molar-refractivity contribution in [2.24, 2.45) is 0 Å². The van der Waals surface area contributed by atoms with Crippen LogP contribution in [0.15, 0.2) is 54.6 Å². The molecule has 28 heavy (non-hydrogen) atoms. The maximum atomic E-state index is 12.6. The molecule has 0 bridgehead atoms. The van der Waals surface area contributed by atoms with E-state index < -0.39 is 0 Å². The van der Waals surface area contributed by atoms with Gasteiger partial charge in [0, 0.05) is 6.54 Å². The van der Waals surface area contributed by atoms with Crippen molar-refractivity contribution in [2.45, 2.75) is 38.1 Å². The van der Waals surface area contributed by atoms with Crippen molar-refractivity contribution in [3.63, 3.8) is 0 Å². The molecule has 1 aliphatic rings. The number of nitrogens with one attached hydrogen (secondary N) is 1. The summed E-state index contributed by atoms with van der Waals surface area (Å²) < 4.78 is 1.23. The van der Waals surface area contributed by atoms with Gasteiger partial charge >= 0.3 is 0 Å². The van der Waals surface area contributed by atoms with Crippen molar-refractivity contribution in [2.75, 3.05) is 19.6 Å². The Hall–Kier alpha value is -2.24. The minimum absolute atomic E-state index is 0.107. The number of amides is 1. The Morgan fingerprint density at radius 2 is 1.96 bits per heavy atom. The van der Waals surface area contributed by atoms with Gasteiger partial charge in [0.2, 0.25) is 5.91 Å². The number of hydrogen-bond acceptors (Lipinski definition) is 4. The monoisotopic (exact) mass is 393 g/mol. The molecule has 1 aromatic heterocycles. The average Bonchev–Trinajstić information content (AvgIpc) is 3.17. The number of carbonyl (C=O) groups excluding carboxylic acids is 1. The second-order valence-electron chi connectivity index (χ2n) is 7.62. The van der Waals surface area contributed by atoms with E-state index in [1.165, 1.54) is 16.7 Å². The lowest BCUT2D eigenvalue weighted by molar-refractivity contribution is -0.123. The van der Waals surface area contributed by atoms with Gasteiger partial charge in [-0.25, -0.2) is 4.98 Å². The lowest BCUT2D eigenvalue weighted by Gasteiger charge is -2.33. The van der Waals surface area contributed by atoms with Crippen LogP contribution in [0.2, 0.25) is 0 Å². The first-order valence-electron chi connectivity index (χ1n) is 10.1. The largest absolute Gasteiger partial charge is 0.354 e. The third-order valence-electron chi connectivity index (χ3n) is 5.53. The number of benzene rings is 2. The fraction of sp³-hybridized carbons (Fsp3) is 0.391. The van der Waals surface area contributed by atoms with E-state index >= 15 is 0 Å². The molecule has 1 amide bonds. The number of likely N-dealkylation sites (tertiary alicyclic amines) is 1. The van der Waals surface area contributed by atoms with E-state index in [0.29, 0.717) is 19.0 Å². The number of hydrogen-bond donors (Lipinski definition) is 1. The highest BCUT2D eigenvalue weighted by molar-refractivity contribution is 7.18. The average molecular weight is 394 g/mol. The number of para-hydroxylation sites is 1. The van der Waals surface area contributed by atoms with Crippen LogP contribution < -0.4 is 5.32 Å². The fourth-order valence-corrected chi connectivity index (χ4v) is 5.04. The SMILES string of the molecule is C[C@H](CNC(=O)CN1CCCC[C@@H]1c1nc2ccccc2s1)c1ccccc1. The molecule has 5 heteroatoms. The van der Waals surface area contributed by atoms with Crippen LogP contribution in [0.3, 0.4) is 0 Å². The van der Waals surface area contributed by atoms with Crippen LogP contribution in [0.1, 0.15) is 48.7 Å². The molecule has 0 saturated carbocycles. The molecule has 1 aliphatic heterocycles.